The molecule has 1 saturated carbocycles. The molecule has 0 heterocycles. The first-order chi connectivity index (χ1) is 8.14. The standard InChI is InChI=1S/C13H24ClNO2/c1-13(6-4-3-5-7-13)12(16)15(9-8-14)10-11-17-2/h3-11H2,1-2H3. The van der Waals surface area contributed by atoms with Crippen molar-refractivity contribution in [3.8, 4) is 0 Å². The van der Waals surface area contributed by atoms with Crippen molar-refractivity contribution in [2.24, 2.45) is 5.41 Å². The van der Waals surface area contributed by atoms with Crippen LogP contribution in [-0.4, -0.2) is 43.5 Å². The Morgan fingerprint density at radius 3 is 2.47 bits per heavy atom. The largest absolute Gasteiger partial charge is 0.383 e. The molecule has 0 aromatic rings. The molecule has 1 rings (SSSR count). The first-order valence-electron chi connectivity index (χ1n) is 6.48. The van der Waals surface area contributed by atoms with Crippen molar-refractivity contribution in [1.29, 1.82) is 0 Å². The Hall–Kier alpha value is -0.280. The number of halogens is 1. The van der Waals surface area contributed by atoms with E-state index >= 15 is 0 Å². The minimum absolute atomic E-state index is 0.169. The number of hydrogen-bond donors (Lipinski definition) is 0. The number of carbonyl (C=O) groups excluding carboxylic acids is 1. The molecule has 0 aromatic carbocycles. The van der Waals surface area contributed by atoms with Crippen molar-refractivity contribution < 1.29 is 9.53 Å². The summed E-state index contributed by atoms with van der Waals surface area (Å²) in [5.41, 5.74) is -0.169. The zero-order valence-corrected chi connectivity index (χ0v) is 11.8. The molecule has 0 bridgehead atoms. The summed E-state index contributed by atoms with van der Waals surface area (Å²) < 4.78 is 5.05. The molecule has 0 radical (unpaired) electrons. The van der Waals surface area contributed by atoms with Crippen molar-refractivity contribution in [2.75, 3.05) is 32.7 Å². The molecule has 1 amide bonds. The van der Waals surface area contributed by atoms with Gasteiger partial charge in [-0.1, -0.05) is 26.2 Å². The van der Waals surface area contributed by atoms with Gasteiger partial charge in [-0.3, -0.25) is 4.79 Å². The average molecular weight is 262 g/mol. The Labute approximate surface area is 109 Å². The highest BCUT2D eigenvalue weighted by Gasteiger charge is 2.37. The molecule has 0 spiro atoms. The summed E-state index contributed by atoms with van der Waals surface area (Å²) in [7, 11) is 1.66. The minimum atomic E-state index is -0.169. The predicted octanol–water partition coefficient (Wildman–Crippen LogP) is 2.67. The third-order valence-corrected chi connectivity index (χ3v) is 3.85. The van der Waals surface area contributed by atoms with Crippen LogP contribution in [0.2, 0.25) is 0 Å². The molecule has 4 heteroatoms. The van der Waals surface area contributed by atoms with Crippen LogP contribution in [0, 0.1) is 5.41 Å². The number of hydrogen-bond acceptors (Lipinski definition) is 2. The number of ether oxygens (including phenoxy) is 1. The fraction of sp³-hybridized carbons (Fsp3) is 0.923. The molecule has 1 aliphatic carbocycles. The minimum Gasteiger partial charge on any atom is -0.383 e. The van der Waals surface area contributed by atoms with Crippen LogP contribution in [0.5, 0.6) is 0 Å². The molecular weight excluding hydrogens is 238 g/mol. The van der Waals surface area contributed by atoms with E-state index in [0.717, 1.165) is 12.8 Å². The summed E-state index contributed by atoms with van der Waals surface area (Å²) in [6.45, 7) is 3.96. The van der Waals surface area contributed by atoms with Crippen LogP contribution in [0.1, 0.15) is 39.0 Å². The highest BCUT2D eigenvalue weighted by Crippen LogP contribution is 2.37. The van der Waals surface area contributed by atoms with Gasteiger partial charge in [0.1, 0.15) is 0 Å². The van der Waals surface area contributed by atoms with Crippen LogP contribution in [0.3, 0.4) is 0 Å². The SMILES string of the molecule is COCCN(CCCl)C(=O)C1(C)CCCCC1. The smallest absolute Gasteiger partial charge is 0.228 e. The quantitative estimate of drug-likeness (QED) is 0.688. The van der Waals surface area contributed by atoms with E-state index in [-0.39, 0.29) is 11.3 Å². The van der Waals surface area contributed by atoms with Gasteiger partial charge in [-0.25, -0.2) is 0 Å². The second-order valence-electron chi connectivity index (χ2n) is 5.10. The Morgan fingerprint density at radius 2 is 1.94 bits per heavy atom. The van der Waals surface area contributed by atoms with Gasteiger partial charge in [0.15, 0.2) is 0 Å². The molecule has 3 nitrogen and oxygen atoms in total. The lowest BCUT2D eigenvalue weighted by Crippen LogP contribution is -2.45. The maximum Gasteiger partial charge on any atom is 0.228 e. The van der Waals surface area contributed by atoms with Crippen molar-refractivity contribution >= 4 is 17.5 Å². The Balaban J connectivity index is 2.61. The summed E-state index contributed by atoms with van der Waals surface area (Å²) in [5, 5.41) is 0. The lowest BCUT2D eigenvalue weighted by atomic mass is 9.74. The topological polar surface area (TPSA) is 29.5 Å². The van der Waals surface area contributed by atoms with Crippen LogP contribution in [-0.2, 0) is 9.53 Å². The third-order valence-electron chi connectivity index (χ3n) is 3.68. The molecule has 1 aliphatic rings. The van der Waals surface area contributed by atoms with Gasteiger partial charge in [-0.15, -0.1) is 11.6 Å². The number of carbonyl (C=O) groups is 1. The summed E-state index contributed by atoms with van der Waals surface area (Å²) in [4.78, 5) is 14.4. The van der Waals surface area contributed by atoms with Gasteiger partial charge in [-0.05, 0) is 12.8 Å². The van der Waals surface area contributed by atoms with E-state index < -0.39 is 0 Å². The van der Waals surface area contributed by atoms with E-state index in [0.29, 0.717) is 25.6 Å². The van der Waals surface area contributed by atoms with Crippen molar-refractivity contribution in [2.45, 2.75) is 39.0 Å². The van der Waals surface area contributed by atoms with Crippen LogP contribution < -0.4 is 0 Å². The van der Waals surface area contributed by atoms with Gasteiger partial charge >= 0.3 is 0 Å². The van der Waals surface area contributed by atoms with E-state index in [4.69, 9.17) is 16.3 Å². The van der Waals surface area contributed by atoms with Gasteiger partial charge in [0.25, 0.3) is 0 Å². The van der Waals surface area contributed by atoms with E-state index in [1.807, 2.05) is 4.90 Å². The number of rotatable bonds is 6. The van der Waals surface area contributed by atoms with Crippen molar-refractivity contribution in [1.82, 2.24) is 4.90 Å². The van der Waals surface area contributed by atoms with Crippen LogP contribution in [0.25, 0.3) is 0 Å². The van der Waals surface area contributed by atoms with Gasteiger partial charge < -0.3 is 9.64 Å². The molecule has 17 heavy (non-hydrogen) atoms. The van der Waals surface area contributed by atoms with E-state index in [1.165, 1.54) is 19.3 Å². The number of amides is 1. The third kappa shape index (κ3) is 4.14. The van der Waals surface area contributed by atoms with Gasteiger partial charge in [0, 0.05) is 31.5 Å². The van der Waals surface area contributed by atoms with Gasteiger partial charge in [0.05, 0.1) is 6.61 Å². The van der Waals surface area contributed by atoms with Gasteiger partial charge in [0.2, 0.25) is 5.91 Å². The normalized spacial score (nSPS) is 19.0. The Kier molecular flexibility index (Phi) is 6.28. The zero-order chi connectivity index (χ0) is 12.7. The van der Waals surface area contributed by atoms with Gasteiger partial charge in [-0.2, -0.15) is 0 Å². The zero-order valence-electron chi connectivity index (χ0n) is 11.0. The monoisotopic (exact) mass is 261 g/mol. The molecule has 0 N–H and O–H groups in total. The maximum atomic E-state index is 12.5. The first-order valence-corrected chi connectivity index (χ1v) is 7.02. The Bertz CT molecular complexity index is 240. The number of methoxy groups -OCH3 is 1. The first kappa shape index (κ1) is 14.8. The second-order valence-corrected chi connectivity index (χ2v) is 5.47. The molecule has 0 unspecified atom stereocenters. The molecule has 100 valence electrons. The Morgan fingerprint density at radius 1 is 1.29 bits per heavy atom. The van der Waals surface area contributed by atoms with E-state index in [1.54, 1.807) is 7.11 Å². The summed E-state index contributed by atoms with van der Waals surface area (Å²) in [5.74, 6) is 0.751. The highest BCUT2D eigenvalue weighted by molar-refractivity contribution is 6.18. The molecule has 0 atom stereocenters. The fourth-order valence-corrected chi connectivity index (χ4v) is 2.75. The lowest BCUT2D eigenvalue weighted by molar-refractivity contribution is -0.143. The fourth-order valence-electron chi connectivity index (χ4n) is 2.55. The predicted molar refractivity (Wildman–Crippen MR) is 70.4 cm³/mol. The summed E-state index contributed by atoms with van der Waals surface area (Å²) in [6, 6.07) is 0. The summed E-state index contributed by atoms with van der Waals surface area (Å²) >= 11 is 5.77. The van der Waals surface area contributed by atoms with Crippen LogP contribution >= 0.6 is 11.6 Å². The van der Waals surface area contributed by atoms with E-state index in [9.17, 15) is 4.79 Å². The molecule has 0 aliphatic heterocycles. The molecular formula is C13H24ClNO2. The van der Waals surface area contributed by atoms with Crippen molar-refractivity contribution in [3.05, 3.63) is 0 Å². The van der Waals surface area contributed by atoms with Crippen molar-refractivity contribution in [3.63, 3.8) is 0 Å². The maximum absolute atomic E-state index is 12.5. The number of alkyl halides is 1. The second kappa shape index (κ2) is 7.22. The highest BCUT2D eigenvalue weighted by atomic mass is 35.5. The summed E-state index contributed by atoms with van der Waals surface area (Å²) in [6.07, 6.45) is 5.62. The van der Waals surface area contributed by atoms with E-state index in [2.05, 4.69) is 6.92 Å². The van der Waals surface area contributed by atoms with Crippen LogP contribution in [0.15, 0.2) is 0 Å². The number of nitrogens with zero attached hydrogens (tertiary/aromatic N) is 1. The lowest BCUT2D eigenvalue weighted by Gasteiger charge is -2.37. The van der Waals surface area contributed by atoms with Crippen LogP contribution in [0.4, 0.5) is 0 Å². The molecule has 0 aromatic heterocycles. The average Bonchev–Trinajstić information content (AvgIpc) is 2.34. The molecule has 0 saturated heterocycles. The molecule has 1 fully saturated rings.